The van der Waals surface area contributed by atoms with E-state index in [0.29, 0.717) is 17.2 Å². The van der Waals surface area contributed by atoms with Gasteiger partial charge in [-0.05, 0) is 18.8 Å². The van der Waals surface area contributed by atoms with Crippen LogP contribution in [0, 0.1) is 5.92 Å². The molecule has 6 nitrogen and oxygen atoms in total. The number of hydrogen-bond donors (Lipinski definition) is 2. The van der Waals surface area contributed by atoms with Crippen LogP contribution in [0.4, 0.5) is 5.13 Å². The zero-order chi connectivity index (χ0) is 18.5. The van der Waals surface area contributed by atoms with Crippen LogP contribution in [0.25, 0.3) is 11.3 Å². The van der Waals surface area contributed by atoms with Crippen LogP contribution in [-0.2, 0) is 20.7 Å². The molecule has 0 radical (unpaired) electrons. The highest BCUT2D eigenvalue weighted by Gasteiger charge is 2.26. The third kappa shape index (κ3) is 4.47. The lowest BCUT2D eigenvalue weighted by Crippen LogP contribution is -2.28. The maximum Gasteiger partial charge on any atom is 0.310 e. The fraction of sp³-hybridized carbons (Fsp3) is 0.421. The highest BCUT2D eigenvalue weighted by atomic mass is 32.1. The Kier molecular flexibility index (Phi) is 6.00. The first-order valence-electron chi connectivity index (χ1n) is 8.74. The lowest BCUT2D eigenvalue weighted by Gasteiger charge is -2.13. The molecule has 1 amide bonds. The van der Waals surface area contributed by atoms with E-state index < -0.39 is 0 Å². The molecule has 1 saturated carbocycles. The van der Waals surface area contributed by atoms with Crippen molar-refractivity contribution < 1.29 is 14.3 Å². The van der Waals surface area contributed by atoms with E-state index in [1.807, 2.05) is 30.3 Å². The number of carbonyl (C=O) groups excluding carboxylic acids is 2. The number of nitrogens with one attached hydrogen (secondary N) is 1. The summed E-state index contributed by atoms with van der Waals surface area (Å²) in [6.07, 6.45) is 3.60. The number of rotatable bonds is 6. The number of hydrogen-bond acceptors (Lipinski definition) is 6. The zero-order valence-electron chi connectivity index (χ0n) is 14.7. The van der Waals surface area contributed by atoms with Gasteiger partial charge >= 0.3 is 5.97 Å². The third-order valence-electron chi connectivity index (χ3n) is 4.69. The minimum Gasteiger partial charge on any atom is -0.469 e. The first-order chi connectivity index (χ1) is 12.6. The molecule has 138 valence electrons. The molecule has 3 N–H and O–H groups in total. The molecule has 2 aromatic rings. The second-order valence-electron chi connectivity index (χ2n) is 6.52. The molecule has 1 aliphatic rings. The first-order valence-corrected chi connectivity index (χ1v) is 9.56. The number of ether oxygens (including phenoxy) is 1. The molecule has 1 fully saturated rings. The van der Waals surface area contributed by atoms with Gasteiger partial charge in [0.1, 0.15) is 0 Å². The average Bonchev–Trinajstić information content (AvgIpc) is 3.22. The van der Waals surface area contributed by atoms with Crippen molar-refractivity contribution in [2.75, 3.05) is 12.4 Å². The van der Waals surface area contributed by atoms with E-state index in [1.165, 1.54) is 18.4 Å². The van der Waals surface area contributed by atoms with Crippen LogP contribution in [0.2, 0.25) is 0 Å². The molecule has 0 spiro atoms. The Bertz CT molecular complexity index is 776. The Morgan fingerprint density at radius 3 is 2.73 bits per heavy atom. The van der Waals surface area contributed by atoms with Gasteiger partial charge in [-0.3, -0.25) is 9.59 Å². The number of anilines is 1. The van der Waals surface area contributed by atoms with Gasteiger partial charge in [0.05, 0.1) is 19.2 Å². The van der Waals surface area contributed by atoms with Crippen molar-refractivity contribution in [1.82, 2.24) is 4.98 Å². The van der Waals surface area contributed by atoms with Crippen LogP contribution in [0.3, 0.4) is 0 Å². The molecule has 3 rings (SSSR count). The monoisotopic (exact) mass is 373 g/mol. The van der Waals surface area contributed by atoms with Crippen molar-refractivity contribution in [1.29, 1.82) is 0 Å². The molecule has 1 aromatic carbocycles. The van der Waals surface area contributed by atoms with Gasteiger partial charge in [0.2, 0.25) is 5.91 Å². The van der Waals surface area contributed by atoms with Crippen LogP contribution in [0.5, 0.6) is 0 Å². The largest absolute Gasteiger partial charge is 0.469 e. The molecule has 7 heteroatoms. The fourth-order valence-corrected chi connectivity index (χ4v) is 4.26. The SMILES string of the molecule is COC(=O)Cc1sc(NC(=O)C[C@@H]2CCC[C@H]2N)nc1-c1ccccc1. The summed E-state index contributed by atoms with van der Waals surface area (Å²) in [6, 6.07) is 9.71. The van der Waals surface area contributed by atoms with Gasteiger partial charge in [-0.1, -0.05) is 36.8 Å². The number of methoxy groups -OCH3 is 1. The van der Waals surface area contributed by atoms with E-state index in [-0.39, 0.29) is 30.3 Å². The Hall–Kier alpha value is -2.25. The quantitative estimate of drug-likeness (QED) is 0.759. The summed E-state index contributed by atoms with van der Waals surface area (Å²) >= 11 is 1.31. The summed E-state index contributed by atoms with van der Waals surface area (Å²) in [4.78, 5) is 29.4. The number of nitrogens with two attached hydrogens (primary N) is 1. The van der Waals surface area contributed by atoms with E-state index in [4.69, 9.17) is 10.5 Å². The molecule has 1 aliphatic carbocycles. The second-order valence-corrected chi connectivity index (χ2v) is 7.60. The third-order valence-corrected chi connectivity index (χ3v) is 5.66. The topological polar surface area (TPSA) is 94.3 Å². The minimum absolute atomic E-state index is 0.0784. The van der Waals surface area contributed by atoms with Crippen molar-refractivity contribution in [3.63, 3.8) is 0 Å². The highest BCUT2D eigenvalue weighted by Crippen LogP contribution is 2.32. The van der Waals surface area contributed by atoms with Gasteiger partial charge in [-0.2, -0.15) is 0 Å². The fourth-order valence-electron chi connectivity index (χ4n) is 3.28. The lowest BCUT2D eigenvalue weighted by atomic mass is 10.00. The predicted octanol–water partition coefficient (Wildman–Crippen LogP) is 2.98. The number of nitrogens with zero attached hydrogens (tertiary/aromatic N) is 1. The summed E-state index contributed by atoms with van der Waals surface area (Å²) < 4.78 is 4.77. The van der Waals surface area contributed by atoms with Crippen LogP contribution >= 0.6 is 11.3 Å². The maximum absolute atomic E-state index is 12.4. The van der Waals surface area contributed by atoms with E-state index in [9.17, 15) is 9.59 Å². The van der Waals surface area contributed by atoms with Crippen LogP contribution in [-0.4, -0.2) is 30.0 Å². The smallest absolute Gasteiger partial charge is 0.310 e. The van der Waals surface area contributed by atoms with Crippen LogP contribution in [0.1, 0.15) is 30.6 Å². The number of benzene rings is 1. The van der Waals surface area contributed by atoms with Gasteiger partial charge in [-0.15, -0.1) is 11.3 Å². The summed E-state index contributed by atoms with van der Waals surface area (Å²) in [5.41, 5.74) is 7.66. The molecular weight excluding hydrogens is 350 g/mol. The van der Waals surface area contributed by atoms with Crippen molar-refractivity contribution in [2.24, 2.45) is 11.7 Å². The Balaban J connectivity index is 1.77. The van der Waals surface area contributed by atoms with E-state index in [2.05, 4.69) is 10.3 Å². The molecule has 1 heterocycles. The highest BCUT2D eigenvalue weighted by molar-refractivity contribution is 7.16. The van der Waals surface area contributed by atoms with Gasteiger partial charge in [0, 0.05) is 22.9 Å². The summed E-state index contributed by atoms with van der Waals surface area (Å²) in [7, 11) is 1.36. The van der Waals surface area contributed by atoms with Gasteiger partial charge in [-0.25, -0.2) is 4.98 Å². The molecule has 2 atom stereocenters. The van der Waals surface area contributed by atoms with E-state index >= 15 is 0 Å². The standard InChI is InChI=1S/C19H23N3O3S/c1-25-17(24)11-15-18(12-6-3-2-4-7-12)22-19(26-15)21-16(23)10-13-8-5-9-14(13)20/h2-4,6-7,13-14H,5,8-11,20H2,1H3,(H,21,22,23)/t13-,14+/m0/s1. The summed E-state index contributed by atoms with van der Waals surface area (Å²) in [6.45, 7) is 0. The number of carbonyl (C=O) groups is 2. The number of aromatic nitrogens is 1. The average molecular weight is 373 g/mol. The van der Waals surface area contributed by atoms with Gasteiger partial charge in [0.25, 0.3) is 0 Å². The molecular formula is C19H23N3O3S. The van der Waals surface area contributed by atoms with Crippen LogP contribution in [0.15, 0.2) is 30.3 Å². The maximum atomic E-state index is 12.4. The van der Waals surface area contributed by atoms with Gasteiger partial charge in [0.15, 0.2) is 5.13 Å². The number of esters is 1. The molecule has 1 aromatic heterocycles. The van der Waals surface area contributed by atoms with Crippen molar-refractivity contribution in [3.8, 4) is 11.3 Å². The molecule has 0 saturated heterocycles. The molecule has 0 unspecified atom stereocenters. The molecule has 0 aliphatic heterocycles. The molecule has 0 bridgehead atoms. The first kappa shape index (κ1) is 18.5. The Labute approximate surface area is 156 Å². The number of thiazole rings is 1. The zero-order valence-corrected chi connectivity index (χ0v) is 15.6. The van der Waals surface area contributed by atoms with E-state index in [1.54, 1.807) is 0 Å². The Morgan fingerprint density at radius 1 is 1.31 bits per heavy atom. The second kappa shape index (κ2) is 8.42. The summed E-state index contributed by atoms with van der Waals surface area (Å²) in [5.74, 6) is -0.177. The number of amides is 1. The predicted molar refractivity (Wildman–Crippen MR) is 102 cm³/mol. The van der Waals surface area contributed by atoms with E-state index in [0.717, 1.165) is 29.7 Å². The van der Waals surface area contributed by atoms with Crippen LogP contribution < -0.4 is 11.1 Å². The van der Waals surface area contributed by atoms with Crippen molar-refractivity contribution in [3.05, 3.63) is 35.2 Å². The molecule has 26 heavy (non-hydrogen) atoms. The van der Waals surface area contributed by atoms with Crippen molar-refractivity contribution >= 4 is 28.3 Å². The van der Waals surface area contributed by atoms with Crippen molar-refractivity contribution in [2.45, 2.75) is 38.1 Å². The lowest BCUT2D eigenvalue weighted by molar-refractivity contribution is -0.139. The summed E-state index contributed by atoms with van der Waals surface area (Å²) in [5, 5.41) is 3.37. The Morgan fingerprint density at radius 2 is 2.08 bits per heavy atom. The minimum atomic E-state index is -0.333. The van der Waals surface area contributed by atoms with Gasteiger partial charge < -0.3 is 15.8 Å². The normalized spacial score (nSPS) is 19.3.